The van der Waals surface area contributed by atoms with Crippen LogP contribution in [0.4, 0.5) is 18.9 Å². The third-order valence-electron chi connectivity index (χ3n) is 1.84. The van der Waals surface area contributed by atoms with Gasteiger partial charge in [-0.15, -0.1) is 0 Å². The van der Waals surface area contributed by atoms with Crippen molar-refractivity contribution in [2.24, 2.45) is 4.99 Å². The summed E-state index contributed by atoms with van der Waals surface area (Å²) in [7, 11) is 0. The molecule has 0 fully saturated rings. The highest BCUT2D eigenvalue weighted by Crippen LogP contribution is 2.29. The lowest BCUT2D eigenvalue weighted by molar-refractivity contribution is -0.0558. The lowest BCUT2D eigenvalue weighted by Crippen LogP contribution is -2.16. The smallest absolute Gasteiger partial charge is 0.389 e. The normalized spacial score (nSPS) is 15.0. The van der Waals surface area contributed by atoms with E-state index in [1.807, 2.05) is 0 Å². The summed E-state index contributed by atoms with van der Waals surface area (Å²) in [5.74, 6) is 0. The molecule has 0 saturated heterocycles. The summed E-state index contributed by atoms with van der Waals surface area (Å²) in [6.07, 6.45) is -5.58. The zero-order chi connectivity index (χ0) is 12.3. The third kappa shape index (κ3) is 3.21. The van der Waals surface area contributed by atoms with Gasteiger partial charge in [0.15, 0.2) is 0 Å². The van der Waals surface area contributed by atoms with E-state index < -0.39 is 17.5 Å². The predicted molar refractivity (Wildman–Crippen MR) is 56.1 cm³/mol. The largest absolute Gasteiger partial charge is 0.444 e. The Morgan fingerprint density at radius 3 is 2.44 bits per heavy atom. The first-order valence-electron chi connectivity index (χ1n) is 4.40. The molecule has 1 unspecified atom stereocenters. The Balaban J connectivity index is 3.15. The Labute approximate surface area is 95.4 Å². The number of nitrogens with zero attached hydrogens (tertiary/aromatic N) is 1. The standard InChI is InChI=1S/C10H9ClF3NO/c1-6(16)7-4-2-3-5-8(7)15-9(11)10(12,13)14/h2-6,16H,1H3. The van der Waals surface area contributed by atoms with E-state index in [2.05, 4.69) is 4.99 Å². The zero-order valence-electron chi connectivity index (χ0n) is 8.29. The number of halogens is 4. The first kappa shape index (κ1) is 13.0. The van der Waals surface area contributed by atoms with Crippen molar-refractivity contribution in [2.75, 3.05) is 0 Å². The van der Waals surface area contributed by atoms with Gasteiger partial charge < -0.3 is 5.11 Å². The first-order valence-corrected chi connectivity index (χ1v) is 4.78. The fourth-order valence-corrected chi connectivity index (χ4v) is 1.20. The van der Waals surface area contributed by atoms with Gasteiger partial charge in [0.1, 0.15) is 0 Å². The van der Waals surface area contributed by atoms with Crippen LogP contribution < -0.4 is 0 Å². The van der Waals surface area contributed by atoms with Crippen molar-refractivity contribution in [3.05, 3.63) is 29.8 Å². The van der Waals surface area contributed by atoms with Gasteiger partial charge in [-0.3, -0.25) is 0 Å². The van der Waals surface area contributed by atoms with Crippen molar-refractivity contribution in [3.8, 4) is 0 Å². The summed E-state index contributed by atoms with van der Waals surface area (Å²) >= 11 is 5.01. The Morgan fingerprint density at radius 1 is 1.38 bits per heavy atom. The van der Waals surface area contributed by atoms with Crippen LogP contribution in [0.5, 0.6) is 0 Å². The van der Waals surface area contributed by atoms with Crippen molar-refractivity contribution in [2.45, 2.75) is 19.2 Å². The van der Waals surface area contributed by atoms with Gasteiger partial charge in [-0.05, 0) is 13.0 Å². The lowest BCUT2D eigenvalue weighted by Gasteiger charge is -2.09. The molecule has 0 aromatic heterocycles. The molecule has 0 spiro atoms. The first-order chi connectivity index (χ1) is 7.32. The van der Waals surface area contributed by atoms with Gasteiger partial charge in [-0.1, -0.05) is 29.8 Å². The van der Waals surface area contributed by atoms with Gasteiger partial charge in [0.05, 0.1) is 11.8 Å². The van der Waals surface area contributed by atoms with Crippen LogP contribution in [0.3, 0.4) is 0 Å². The van der Waals surface area contributed by atoms with E-state index in [9.17, 15) is 18.3 Å². The molecule has 88 valence electrons. The van der Waals surface area contributed by atoms with Gasteiger partial charge in [-0.2, -0.15) is 13.2 Å². The van der Waals surface area contributed by atoms with E-state index in [-0.39, 0.29) is 5.69 Å². The van der Waals surface area contributed by atoms with Crippen molar-refractivity contribution in [3.63, 3.8) is 0 Å². The number of aliphatic hydroxyl groups excluding tert-OH is 1. The van der Waals surface area contributed by atoms with Crippen LogP contribution in [0.25, 0.3) is 0 Å². The molecule has 0 radical (unpaired) electrons. The van der Waals surface area contributed by atoms with E-state index in [1.165, 1.54) is 25.1 Å². The fraction of sp³-hybridized carbons (Fsp3) is 0.300. The van der Waals surface area contributed by atoms with Crippen LogP contribution in [-0.2, 0) is 0 Å². The average Bonchev–Trinajstić information content (AvgIpc) is 2.16. The second kappa shape index (κ2) is 4.84. The van der Waals surface area contributed by atoms with Crippen LogP contribution in [0, 0.1) is 0 Å². The Hall–Kier alpha value is -1.07. The number of hydrogen-bond donors (Lipinski definition) is 1. The van der Waals surface area contributed by atoms with E-state index in [1.54, 1.807) is 6.07 Å². The monoisotopic (exact) mass is 251 g/mol. The molecule has 0 heterocycles. The lowest BCUT2D eigenvalue weighted by atomic mass is 10.1. The number of para-hydroxylation sites is 1. The molecule has 16 heavy (non-hydrogen) atoms. The molecule has 1 atom stereocenters. The Bertz CT molecular complexity index is 401. The SMILES string of the molecule is CC(O)c1ccccc1N=C(Cl)C(F)(F)F. The van der Waals surface area contributed by atoms with Crippen molar-refractivity contribution < 1.29 is 18.3 Å². The molecule has 0 saturated carbocycles. The molecule has 0 aliphatic carbocycles. The Morgan fingerprint density at radius 2 is 1.94 bits per heavy atom. The molecular formula is C10H9ClF3NO. The number of benzene rings is 1. The fourth-order valence-electron chi connectivity index (χ4n) is 1.11. The molecule has 6 heteroatoms. The number of aliphatic hydroxyl groups is 1. The van der Waals surface area contributed by atoms with Crippen LogP contribution >= 0.6 is 11.6 Å². The molecule has 0 aliphatic heterocycles. The molecule has 0 aliphatic rings. The summed E-state index contributed by atoms with van der Waals surface area (Å²) < 4.78 is 36.4. The van der Waals surface area contributed by atoms with Crippen LogP contribution in [0.1, 0.15) is 18.6 Å². The van der Waals surface area contributed by atoms with Gasteiger partial charge in [-0.25, -0.2) is 4.99 Å². The number of alkyl halides is 3. The summed E-state index contributed by atoms with van der Waals surface area (Å²) in [6.45, 7) is 1.44. The molecule has 1 aromatic rings. The second-order valence-corrected chi connectivity index (χ2v) is 3.49. The average molecular weight is 252 g/mol. The second-order valence-electron chi connectivity index (χ2n) is 3.14. The molecule has 1 N–H and O–H groups in total. The van der Waals surface area contributed by atoms with Crippen molar-refractivity contribution >= 4 is 22.5 Å². The highest BCUT2D eigenvalue weighted by molar-refractivity contribution is 6.67. The molecule has 1 aromatic carbocycles. The summed E-state index contributed by atoms with van der Waals surface area (Å²) in [5, 5.41) is 7.87. The van der Waals surface area contributed by atoms with Gasteiger partial charge in [0.25, 0.3) is 0 Å². The maximum atomic E-state index is 12.1. The van der Waals surface area contributed by atoms with Crippen LogP contribution in [-0.4, -0.2) is 16.5 Å². The summed E-state index contributed by atoms with van der Waals surface area (Å²) in [6, 6.07) is 5.97. The molecular weight excluding hydrogens is 243 g/mol. The third-order valence-corrected chi connectivity index (χ3v) is 2.14. The minimum absolute atomic E-state index is 0.0137. The number of aliphatic imine (C=N–C) groups is 1. The van der Waals surface area contributed by atoms with Crippen LogP contribution in [0.15, 0.2) is 29.3 Å². The van der Waals surface area contributed by atoms with E-state index >= 15 is 0 Å². The molecule has 1 rings (SSSR count). The molecule has 0 amide bonds. The summed E-state index contributed by atoms with van der Waals surface area (Å²) in [4.78, 5) is 3.25. The van der Waals surface area contributed by atoms with Gasteiger partial charge in [0.2, 0.25) is 5.17 Å². The van der Waals surface area contributed by atoms with Crippen molar-refractivity contribution in [1.29, 1.82) is 0 Å². The topological polar surface area (TPSA) is 32.6 Å². The van der Waals surface area contributed by atoms with E-state index in [0.717, 1.165) is 0 Å². The Kier molecular flexibility index (Phi) is 3.93. The number of rotatable bonds is 2. The highest BCUT2D eigenvalue weighted by atomic mass is 35.5. The van der Waals surface area contributed by atoms with E-state index in [4.69, 9.17) is 11.6 Å². The minimum Gasteiger partial charge on any atom is -0.389 e. The quantitative estimate of drug-likeness (QED) is 0.801. The zero-order valence-corrected chi connectivity index (χ0v) is 9.05. The summed E-state index contributed by atoms with van der Waals surface area (Å²) in [5.41, 5.74) is 0.310. The van der Waals surface area contributed by atoms with E-state index in [0.29, 0.717) is 5.56 Å². The maximum Gasteiger partial charge on any atom is 0.444 e. The molecule has 2 nitrogen and oxygen atoms in total. The van der Waals surface area contributed by atoms with Crippen LogP contribution in [0.2, 0.25) is 0 Å². The van der Waals surface area contributed by atoms with Gasteiger partial charge >= 0.3 is 6.18 Å². The minimum atomic E-state index is -4.67. The van der Waals surface area contributed by atoms with Crippen molar-refractivity contribution in [1.82, 2.24) is 0 Å². The number of hydrogen-bond acceptors (Lipinski definition) is 2. The molecule has 0 bridgehead atoms. The highest BCUT2D eigenvalue weighted by Gasteiger charge is 2.34. The van der Waals surface area contributed by atoms with Gasteiger partial charge in [0, 0.05) is 5.56 Å². The predicted octanol–water partition coefficient (Wildman–Crippen LogP) is 3.57. The maximum absolute atomic E-state index is 12.1.